The van der Waals surface area contributed by atoms with Gasteiger partial charge in [0.15, 0.2) is 0 Å². The fourth-order valence-corrected chi connectivity index (χ4v) is 3.19. The molecule has 116 valence electrons. The first-order valence-corrected chi connectivity index (χ1v) is 7.87. The van der Waals surface area contributed by atoms with Crippen LogP contribution in [0.25, 0.3) is 0 Å². The molecule has 3 heteroatoms. The minimum absolute atomic E-state index is 0.0439. The Labute approximate surface area is 128 Å². The Morgan fingerprint density at radius 1 is 1.19 bits per heavy atom. The average Bonchev–Trinajstić information content (AvgIpc) is 2.91. The number of rotatable bonds is 4. The van der Waals surface area contributed by atoms with Gasteiger partial charge in [-0.15, -0.1) is 0 Å². The Morgan fingerprint density at radius 3 is 2.24 bits per heavy atom. The van der Waals surface area contributed by atoms with Gasteiger partial charge in [-0.05, 0) is 57.2 Å². The Balaban J connectivity index is 2.24. The van der Waals surface area contributed by atoms with Crippen molar-refractivity contribution >= 4 is 5.91 Å². The fourth-order valence-electron chi connectivity index (χ4n) is 3.19. The van der Waals surface area contributed by atoms with Crippen LogP contribution < -0.4 is 10.1 Å². The number of benzene rings is 1. The van der Waals surface area contributed by atoms with Gasteiger partial charge in [0.1, 0.15) is 5.75 Å². The molecule has 2 rings (SSSR count). The summed E-state index contributed by atoms with van der Waals surface area (Å²) in [7, 11) is 1.66. The van der Waals surface area contributed by atoms with Crippen molar-refractivity contribution in [2.24, 2.45) is 5.92 Å². The summed E-state index contributed by atoms with van der Waals surface area (Å²) < 4.78 is 5.21. The second kappa shape index (κ2) is 6.50. The molecule has 1 aromatic rings. The number of nitrogens with one attached hydrogen (secondary N) is 1. The third kappa shape index (κ3) is 4.23. The maximum absolute atomic E-state index is 12.8. The molecule has 0 aromatic heterocycles. The summed E-state index contributed by atoms with van der Waals surface area (Å²) in [5, 5.41) is 3.15. The highest BCUT2D eigenvalue weighted by Crippen LogP contribution is 2.38. The van der Waals surface area contributed by atoms with Gasteiger partial charge in [-0.1, -0.05) is 25.0 Å². The molecule has 3 nitrogen and oxygen atoms in total. The first kappa shape index (κ1) is 15.9. The van der Waals surface area contributed by atoms with Gasteiger partial charge >= 0.3 is 0 Å². The van der Waals surface area contributed by atoms with E-state index in [9.17, 15) is 4.79 Å². The molecule has 1 unspecified atom stereocenters. The zero-order valence-corrected chi connectivity index (χ0v) is 13.6. The second-order valence-corrected chi connectivity index (χ2v) is 7.03. The van der Waals surface area contributed by atoms with Crippen LogP contribution in [0.4, 0.5) is 0 Å². The number of hydrogen-bond donors (Lipinski definition) is 1. The highest BCUT2D eigenvalue weighted by Gasteiger charge is 2.33. The molecular weight excluding hydrogens is 262 g/mol. The maximum atomic E-state index is 12.8. The summed E-state index contributed by atoms with van der Waals surface area (Å²) in [4.78, 5) is 12.8. The van der Waals surface area contributed by atoms with Crippen LogP contribution in [0.2, 0.25) is 0 Å². The lowest BCUT2D eigenvalue weighted by Gasteiger charge is -2.28. The molecule has 1 aliphatic rings. The Hall–Kier alpha value is -1.51. The van der Waals surface area contributed by atoms with Crippen molar-refractivity contribution in [2.75, 3.05) is 7.11 Å². The van der Waals surface area contributed by atoms with Gasteiger partial charge < -0.3 is 10.1 Å². The predicted molar refractivity (Wildman–Crippen MR) is 85.6 cm³/mol. The van der Waals surface area contributed by atoms with E-state index in [1.165, 1.54) is 12.8 Å². The van der Waals surface area contributed by atoms with Crippen molar-refractivity contribution in [1.82, 2.24) is 5.32 Å². The van der Waals surface area contributed by atoms with Crippen LogP contribution in [-0.2, 0) is 4.79 Å². The van der Waals surface area contributed by atoms with Crippen LogP contribution in [0.3, 0.4) is 0 Å². The molecule has 1 aromatic carbocycles. The summed E-state index contributed by atoms with van der Waals surface area (Å²) in [6, 6.07) is 7.96. The number of ether oxygens (including phenoxy) is 1. The third-order valence-electron chi connectivity index (χ3n) is 4.13. The van der Waals surface area contributed by atoms with Gasteiger partial charge in [-0.25, -0.2) is 0 Å². The lowest BCUT2D eigenvalue weighted by atomic mass is 9.83. The number of amides is 1. The third-order valence-corrected chi connectivity index (χ3v) is 4.13. The Kier molecular flexibility index (Phi) is 4.92. The number of methoxy groups -OCH3 is 1. The molecule has 0 radical (unpaired) electrons. The molecule has 0 spiro atoms. The standard InChI is InChI=1S/C18H27NO2/c1-18(2,3)19-17(20)16(13-7-5-6-8-13)14-9-11-15(21-4)12-10-14/h9-13,16H,5-8H2,1-4H3,(H,19,20). The minimum Gasteiger partial charge on any atom is -0.497 e. The Morgan fingerprint density at radius 2 is 1.76 bits per heavy atom. The van der Waals surface area contributed by atoms with E-state index >= 15 is 0 Å². The normalized spacial score (nSPS) is 17.5. The zero-order chi connectivity index (χ0) is 15.5. The Bertz CT molecular complexity index is 467. The molecular formula is C18H27NO2. The van der Waals surface area contributed by atoms with E-state index in [4.69, 9.17) is 4.74 Å². The van der Waals surface area contributed by atoms with E-state index in [-0.39, 0.29) is 17.4 Å². The first-order valence-electron chi connectivity index (χ1n) is 7.87. The van der Waals surface area contributed by atoms with Crippen LogP contribution in [-0.4, -0.2) is 18.6 Å². The van der Waals surface area contributed by atoms with Crippen molar-refractivity contribution in [3.63, 3.8) is 0 Å². The van der Waals surface area contributed by atoms with Gasteiger partial charge in [0.2, 0.25) is 5.91 Å². The van der Waals surface area contributed by atoms with Gasteiger partial charge in [-0.3, -0.25) is 4.79 Å². The second-order valence-electron chi connectivity index (χ2n) is 7.03. The topological polar surface area (TPSA) is 38.3 Å². The van der Waals surface area contributed by atoms with Crippen LogP contribution >= 0.6 is 0 Å². The molecule has 0 saturated heterocycles. The van der Waals surface area contributed by atoms with E-state index in [2.05, 4.69) is 5.32 Å². The van der Waals surface area contributed by atoms with Crippen molar-refractivity contribution in [3.05, 3.63) is 29.8 Å². The molecule has 21 heavy (non-hydrogen) atoms. The van der Waals surface area contributed by atoms with Crippen molar-refractivity contribution in [3.8, 4) is 5.75 Å². The SMILES string of the molecule is COc1ccc(C(C(=O)NC(C)(C)C)C2CCCC2)cc1. The van der Waals surface area contributed by atoms with Crippen LogP contribution in [0.1, 0.15) is 57.9 Å². The zero-order valence-electron chi connectivity index (χ0n) is 13.6. The van der Waals surface area contributed by atoms with Gasteiger partial charge in [0, 0.05) is 5.54 Å². The van der Waals surface area contributed by atoms with E-state index in [0.29, 0.717) is 5.92 Å². The predicted octanol–water partition coefficient (Wildman–Crippen LogP) is 3.88. The smallest absolute Gasteiger partial charge is 0.228 e. The molecule has 0 heterocycles. The van der Waals surface area contributed by atoms with Crippen molar-refractivity contribution < 1.29 is 9.53 Å². The van der Waals surface area contributed by atoms with Gasteiger partial charge in [0.25, 0.3) is 0 Å². The van der Waals surface area contributed by atoms with Gasteiger partial charge in [-0.2, -0.15) is 0 Å². The molecule has 1 saturated carbocycles. The number of carbonyl (C=O) groups is 1. The summed E-state index contributed by atoms with van der Waals surface area (Å²) in [5.41, 5.74) is 0.907. The van der Waals surface area contributed by atoms with E-state index in [1.54, 1.807) is 7.11 Å². The summed E-state index contributed by atoms with van der Waals surface area (Å²) in [6.07, 6.45) is 4.77. The largest absolute Gasteiger partial charge is 0.497 e. The lowest BCUT2D eigenvalue weighted by Crippen LogP contribution is -2.44. The van der Waals surface area contributed by atoms with Crippen LogP contribution in [0.15, 0.2) is 24.3 Å². The summed E-state index contributed by atoms with van der Waals surface area (Å²) >= 11 is 0. The van der Waals surface area contributed by atoms with Gasteiger partial charge in [0.05, 0.1) is 13.0 Å². The number of hydrogen-bond acceptors (Lipinski definition) is 2. The molecule has 1 aliphatic carbocycles. The van der Waals surface area contributed by atoms with Crippen LogP contribution in [0, 0.1) is 5.92 Å². The molecule has 1 atom stereocenters. The lowest BCUT2D eigenvalue weighted by molar-refractivity contribution is -0.125. The van der Waals surface area contributed by atoms with E-state index < -0.39 is 0 Å². The fraction of sp³-hybridized carbons (Fsp3) is 0.611. The quantitative estimate of drug-likeness (QED) is 0.913. The monoisotopic (exact) mass is 289 g/mol. The van der Waals surface area contributed by atoms with E-state index in [0.717, 1.165) is 24.2 Å². The van der Waals surface area contributed by atoms with E-state index in [1.807, 2.05) is 45.0 Å². The van der Waals surface area contributed by atoms with Crippen molar-refractivity contribution in [2.45, 2.75) is 57.9 Å². The molecule has 0 aliphatic heterocycles. The molecule has 1 amide bonds. The molecule has 1 N–H and O–H groups in total. The summed E-state index contributed by atoms with van der Waals surface area (Å²) in [6.45, 7) is 6.10. The highest BCUT2D eigenvalue weighted by atomic mass is 16.5. The van der Waals surface area contributed by atoms with Crippen molar-refractivity contribution in [1.29, 1.82) is 0 Å². The molecule has 0 bridgehead atoms. The minimum atomic E-state index is -0.194. The molecule has 1 fully saturated rings. The first-order chi connectivity index (χ1) is 9.90. The average molecular weight is 289 g/mol. The summed E-state index contributed by atoms with van der Waals surface area (Å²) in [5.74, 6) is 1.40. The highest BCUT2D eigenvalue weighted by molar-refractivity contribution is 5.84. The van der Waals surface area contributed by atoms with Crippen LogP contribution in [0.5, 0.6) is 5.75 Å². The maximum Gasteiger partial charge on any atom is 0.228 e. The number of carbonyl (C=O) groups excluding carboxylic acids is 1.